The Hall–Kier alpha value is -1.35. The van der Waals surface area contributed by atoms with Crippen molar-refractivity contribution in [3.63, 3.8) is 0 Å². The molecule has 0 saturated carbocycles. The summed E-state index contributed by atoms with van der Waals surface area (Å²) in [6, 6.07) is 6.37. The van der Waals surface area contributed by atoms with E-state index in [0.29, 0.717) is 5.92 Å². The summed E-state index contributed by atoms with van der Waals surface area (Å²) >= 11 is 0. The topological polar surface area (TPSA) is 43.3 Å². The molecule has 2 rings (SSSR count). The number of hydrogen-bond acceptors (Lipinski definition) is 2. The Morgan fingerprint density at radius 1 is 1.31 bits per heavy atom. The van der Waals surface area contributed by atoms with Crippen LogP contribution >= 0.6 is 0 Å². The second-order valence-corrected chi connectivity index (χ2v) is 4.75. The van der Waals surface area contributed by atoms with E-state index < -0.39 is 0 Å². The summed E-state index contributed by atoms with van der Waals surface area (Å²) in [6.45, 7) is 6.35. The first-order valence-corrected chi connectivity index (χ1v) is 5.80. The van der Waals surface area contributed by atoms with Crippen molar-refractivity contribution < 1.29 is 0 Å². The van der Waals surface area contributed by atoms with Gasteiger partial charge in [0, 0.05) is 24.4 Å². The predicted molar refractivity (Wildman–Crippen MR) is 66.6 cm³/mol. The standard InChI is InChI=1S/C13H19N3/c1-9(2)12-8-16-11(7-10(3)14)5-4-6-13(16)15-12/h4-6,8-10H,7,14H2,1-3H3. The zero-order valence-corrected chi connectivity index (χ0v) is 10.1. The van der Waals surface area contributed by atoms with Gasteiger partial charge in [-0.1, -0.05) is 19.9 Å². The van der Waals surface area contributed by atoms with E-state index in [2.05, 4.69) is 35.5 Å². The van der Waals surface area contributed by atoms with Gasteiger partial charge in [0.25, 0.3) is 0 Å². The third-order valence-electron chi connectivity index (χ3n) is 2.72. The zero-order valence-electron chi connectivity index (χ0n) is 10.1. The second kappa shape index (κ2) is 4.26. The number of nitrogens with zero attached hydrogens (tertiary/aromatic N) is 2. The number of fused-ring (bicyclic) bond motifs is 1. The lowest BCUT2D eigenvalue weighted by Crippen LogP contribution is -2.19. The van der Waals surface area contributed by atoms with E-state index in [0.717, 1.165) is 17.8 Å². The van der Waals surface area contributed by atoms with Gasteiger partial charge in [-0.2, -0.15) is 0 Å². The maximum absolute atomic E-state index is 5.85. The van der Waals surface area contributed by atoms with E-state index in [1.54, 1.807) is 0 Å². The molecule has 1 atom stereocenters. The van der Waals surface area contributed by atoms with Crippen molar-refractivity contribution in [2.75, 3.05) is 0 Å². The molecule has 2 aromatic heterocycles. The van der Waals surface area contributed by atoms with Crippen molar-refractivity contribution in [3.05, 3.63) is 35.8 Å². The van der Waals surface area contributed by atoms with Crippen LogP contribution in [0, 0.1) is 0 Å². The molecule has 2 heterocycles. The number of hydrogen-bond donors (Lipinski definition) is 1. The van der Waals surface area contributed by atoms with Crippen LogP contribution in [0.2, 0.25) is 0 Å². The van der Waals surface area contributed by atoms with Crippen LogP contribution in [0.15, 0.2) is 24.4 Å². The van der Waals surface area contributed by atoms with Crippen LogP contribution in [-0.2, 0) is 6.42 Å². The molecule has 3 heteroatoms. The van der Waals surface area contributed by atoms with Crippen LogP contribution in [-0.4, -0.2) is 15.4 Å². The molecule has 2 aromatic rings. The highest BCUT2D eigenvalue weighted by atomic mass is 15.0. The molecule has 0 aliphatic carbocycles. The molecule has 86 valence electrons. The number of aromatic nitrogens is 2. The zero-order chi connectivity index (χ0) is 11.7. The summed E-state index contributed by atoms with van der Waals surface area (Å²) in [7, 11) is 0. The fourth-order valence-electron chi connectivity index (χ4n) is 1.86. The summed E-state index contributed by atoms with van der Waals surface area (Å²) in [4.78, 5) is 4.60. The van der Waals surface area contributed by atoms with Crippen LogP contribution in [0.3, 0.4) is 0 Å². The van der Waals surface area contributed by atoms with Gasteiger partial charge in [0.15, 0.2) is 0 Å². The van der Waals surface area contributed by atoms with Crippen LogP contribution in [0.5, 0.6) is 0 Å². The van der Waals surface area contributed by atoms with E-state index >= 15 is 0 Å². The van der Waals surface area contributed by atoms with Gasteiger partial charge in [-0.3, -0.25) is 0 Å². The molecule has 1 unspecified atom stereocenters. The van der Waals surface area contributed by atoms with Gasteiger partial charge in [0.05, 0.1) is 5.69 Å². The van der Waals surface area contributed by atoms with Gasteiger partial charge >= 0.3 is 0 Å². The van der Waals surface area contributed by atoms with Crippen molar-refractivity contribution in [3.8, 4) is 0 Å². The lowest BCUT2D eigenvalue weighted by molar-refractivity contribution is 0.714. The van der Waals surface area contributed by atoms with Crippen LogP contribution in [0.4, 0.5) is 0 Å². The quantitative estimate of drug-likeness (QED) is 0.857. The number of rotatable bonds is 3. The summed E-state index contributed by atoms with van der Waals surface area (Å²) in [5.41, 5.74) is 9.23. The molecule has 3 nitrogen and oxygen atoms in total. The van der Waals surface area contributed by atoms with Crippen molar-refractivity contribution in [1.82, 2.24) is 9.38 Å². The van der Waals surface area contributed by atoms with E-state index in [-0.39, 0.29) is 6.04 Å². The third-order valence-corrected chi connectivity index (χ3v) is 2.72. The number of imidazole rings is 1. The van der Waals surface area contributed by atoms with E-state index in [9.17, 15) is 0 Å². The highest BCUT2D eigenvalue weighted by Gasteiger charge is 2.08. The van der Waals surface area contributed by atoms with Crippen molar-refractivity contribution >= 4 is 5.65 Å². The molecule has 0 bridgehead atoms. The Morgan fingerprint density at radius 2 is 2.06 bits per heavy atom. The summed E-state index contributed by atoms with van der Waals surface area (Å²) in [5.74, 6) is 0.461. The fraction of sp³-hybridized carbons (Fsp3) is 0.462. The second-order valence-electron chi connectivity index (χ2n) is 4.75. The molecular formula is C13H19N3. The van der Waals surface area contributed by atoms with Gasteiger partial charge in [-0.05, 0) is 25.0 Å². The normalized spacial score (nSPS) is 13.6. The molecular weight excluding hydrogens is 198 g/mol. The van der Waals surface area contributed by atoms with Gasteiger partial charge in [-0.15, -0.1) is 0 Å². The molecule has 0 saturated heterocycles. The van der Waals surface area contributed by atoms with Gasteiger partial charge in [-0.25, -0.2) is 4.98 Å². The molecule has 0 spiro atoms. The summed E-state index contributed by atoms with van der Waals surface area (Å²) in [6.07, 6.45) is 3.00. The minimum atomic E-state index is 0.176. The minimum Gasteiger partial charge on any atom is -0.328 e. The van der Waals surface area contributed by atoms with Crippen molar-refractivity contribution in [2.24, 2.45) is 5.73 Å². The van der Waals surface area contributed by atoms with Crippen LogP contribution < -0.4 is 5.73 Å². The largest absolute Gasteiger partial charge is 0.328 e. The van der Waals surface area contributed by atoms with Gasteiger partial charge in [0.1, 0.15) is 5.65 Å². The maximum Gasteiger partial charge on any atom is 0.137 e. The molecule has 0 fully saturated rings. The minimum absolute atomic E-state index is 0.176. The molecule has 0 aliphatic heterocycles. The molecule has 2 N–H and O–H groups in total. The van der Waals surface area contributed by atoms with Gasteiger partial charge < -0.3 is 10.1 Å². The third kappa shape index (κ3) is 2.09. The van der Waals surface area contributed by atoms with Crippen LogP contribution in [0.25, 0.3) is 5.65 Å². The first-order chi connectivity index (χ1) is 7.58. The molecule has 0 aromatic carbocycles. The number of pyridine rings is 1. The maximum atomic E-state index is 5.85. The van der Waals surface area contributed by atoms with Crippen LogP contribution in [0.1, 0.15) is 38.1 Å². The molecule has 16 heavy (non-hydrogen) atoms. The average Bonchev–Trinajstić information content (AvgIpc) is 2.61. The SMILES string of the molecule is CC(N)Cc1cccc2nc(C(C)C)cn12. The summed E-state index contributed by atoms with van der Waals surface area (Å²) in [5, 5.41) is 0. The first kappa shape index (κ1) is 11.1. The first-order valence-electron chi connectivity index (χ1n) is 5.80. The van der Waals surface area contributed by atoms with E-state index in [4.69, 9.17) is 5.73 Å². The van der Waals surface area contributed by atoms with E-state index in [1.807, 2.05) is 19.1 Å². The molecule has 0 radical (unpaired) electrons. The highest BCUT2D eigenvalue weighted by molar-refractivity contribution is 5.42. The Bertz CT molecular complexity index is 483. The molecule has 0 amide bonds. The predicted octanol–water partition coefficient (Wildman–Crippen LogP) is 2.35. The Morgan fingerprint density at radius 3 is 2.69 bits per heavy atom. The smallest absolute Gasteiger partial charge is 0.137 e. The Balaban J connectivity index is 2.50. The fourth-order valence-corrected chi connectivity index (χ4v) is 1.86. The lowest BCUT2D eigenvalue weighted by Gasteiger charge is -2.07. The monoisotopic (exact) mass is 217 g/mol. The van der Waals surface area contributed by atoms with E-state index in [1.165, 1.54) is 5.69 Å². The lowest BCUT2D eigenvalue weighted by atomic mass is 10.1. The summed E-state index contributed by atoms with van der Waals surface area (Å²) < 4.78 is 2.15. The average molecular weight is 217 g/mol. The highest BCUT2D eigenvalue weighted by Crippen LogP contribution is 2.16. The van der Waals surface area contributed by atoms with Crippen molar-refractivity contribution in [1.29, 1.82) is 0 Å². The number of nitrogens with two attached hydrogens (primary N) is 1. The van der Waals surface area contributed by atoms with Gasteiger partial charge in [0.2, 0.25) is 0 Å². The molecule has 0 aliphatic rings. The Labute approximate surface area is 96.3 Å². The Kier molecular flexibility index (Phi) is 2.97. The van der Waals surface area contributed by atoms with Crippen molar-refractivity contribution in [2.45, 2.75) is 39.2 Å².